The quantitative estimate of drug-likeness (QED) is 0.0529. The van der Waals surface area contributed by atoms with Gasteiger partial charge in [-0.2, -0.15) is 0 Å². The largest absolute Gasteiger partial charge is 0.325 e. The third-order valence-electron chi connectivity index (χ3n) is 7.85. The van der Waals surface area contributed by atoms with E-state index in [-0.39, 0.29) is 36.6 Å². The predicted octanol–water partition coefficient (Wildman–Crippen LogP) is 12.5. The lowest BCUT2D eigenvalue weighted by atomic mass is 9.95. The summed E-state index contributed by atoms with van der Waals surface area (Å²) >= 11 is 0. The first kappa shape index (κ1) is 45.8. The van der Waals surface area contributed by atoms with Crippen LogP contribution in [-0.4, -0.2) is 48.6 Å². The van der Waals surface area contributed by atoms with Crippen LogP contribution in [0.1, 0.15) is 206 Å². The Morgan fingerprint density at radius 2 is 0.478 bits per heavy atom. The fourth-order valence-electron chi connectivity index (χ4n) is 6.26. The topological polar surface area (TPSA) is 55.4 Å². The summed E-state index contributed by atoms with van der Waals surface area (Å²) in [5, 5.41) is 0. The summed E-state index contributed by atoms with van der Waals surface area (Å²) in [6.07, 6.45) is 22.6. The molecule has 6 heteroatoms. The van der Waals surface area contributed by atoms with E-state index in [9.17, 15) is 0 Å². The van der Waals surface area contributed by atoms with Crippen LogP contribution in [0.3, 0.4) is 0 Å². The van der Waals surface area contributed by atoms with Crippen molar-refractivity contribution >= 4 is 0 Å². The molecular weight excluding hydrogens is 576 g/mol. The molecule has 0 aromatic rings. The molecule has 278 valence electrons. The van der Waals surface area contributed by atoms with Crippen molar-refractivity contribution in [2.24, 2.45) is 5.92 Å². The molecule has 6 nitrogen and oxygen atoms in total. The van der Waals surface area contributed by atoms with Crippen molar-refractivity contribution in [3.05, 3.63) is 0 Å². The summed E-state index contributed by atoms with van der Waals surface area (Å²) in [6.45, 7) is 27.1. The zero-order valence-electron chi connectivity index (χ0n) is 33.2. The van der Waals surface area contributed by atoms with Gasteiger partial charge >= 0.3 is 0 Å². The summed E-state index contributed by atoms with van der Waals surface area (Å²) in [5.41, 5.74) is 0. The molecule has 0 atom stereocenters. The molecule has 0 spiro atoms. The summed E-state index contributed by atoms with van der Waals surface area (Å²) in [5.74, 6) is -0.990. The maximum Gasteiger partial charge on any atom is 0.283 e. The molecule has 0 radical (unpaired) electrons. The number of rotatable bonds is 32. The highest BCUT2D eigenvalue weighted by atomic mass is 16.9. The van der Waals surface area contributed by atoms with Crippen LogP contribution in [0.15, 0.2) is 0 Å². The Morgan fingerprint density at radius 3 is 0.696 bits per heavy atom. The second-order valence-electron chi connectivity index (χ2n) is 15.5. The SMILES string of the molecule is CC(CCCCCCCCCC(OC(C)C)(OC(C)C)OC(C)C)CCCCCCCCCC(OC(C)C)(OC(C)C)OC(C)C. The van der Waals surface area contributed by atoms with Gasteiger partial charge in [-0.1, -0.05) is 96.8 Å². The molecule has 46 heavy (non-hydrogen) atoms. The predicted molar refractivity (Wildman–Crippen MR) is 195 cm³/mol. The third kappa shape index (κ3) is 25.7. The van der Waals surface area contributed by atoms with E-state index >= 15 is 0 Å². The molecule has 0 aliphatic carbocycles. The van der Waals surface area contributed by atoms with Gasteiger partial charge in [0.05, 0.1) is 36.6 Å². The van der Waals surface area contributed by atoms with Crippen molar-refractivity contribution in [3.8, 4) is 0 Å². The van der Waals surface area contributed by atoms with Gasteiger partial charge in [-0.05, 0) is 102 Å². The van der Waals surface area contributed by atoms with E-state index in [0.29, 0.717) is 0 Å². The Balaban J connectivity index is 4.00. The molecule has 0 amide bonds. The Kier molecular flexibility index (Phi) is 26.5. The average molecular weight is 659 g/mol. The van der Waals surface area contributed by atoms with Crippen LogP contribution in [0.2, 0.25) is 0 Å². The van der Waals surface area contributed by atoms with Crippen LogP contribution in [0.4, 0.5) is 0 Å². The second kappa shape index (κ2) is 26.6. The average Bonchev–Trinajstić information content (AvgIpc) is 2.88. The first-order valence-corrected chi connectivity index (χ1v) is 19.7. The third-order valence-corrected chi connectivity index (χ3v) is 7.85. The number of ether oxygens (including phenoxy) is 6. The lowest BCUT2D eigenvalue weighted by molar-refractivity contribution is -0.412. The van der Waals surface area contributed by atoms with E-state index in [1.807, 2.05) is 0 Å². The van der Waals surface area contributed by atoms with E-state index in [1.165, 1.54) is 89.9 Å². The molecule has 0 heterocycles. The fourth-order valence-corrected chi connectivity index (χ4v) is 6.26. The van der Waals surface area contributed by atoms with Gasteiger partial charge in [0.15, 0.2) is 0 Å². The minimum Gasteiger partial charge on any atom is -0.325 e. The maximum absolute atomic E-state index is 6.19. The summed E-state index contributed by atoms with van der Waals surface area (Å²) in [4.78, 5) is 0. The van der Waals surface area contributed by atoms with Crippen LogP contribution in [0.25, 0.3) is 0 Å². The monoisotopic (exact) mass is 659 g/mol. The Hall–Kier alpha value is -0.240. The van der Waals surface area contributed by atoms with Crippen molar-refractivity contribution in [1.29, 1.82) is 0 Å². The molecule has 0 bridgehead atoms. The van der Waals surface area contributed by atoms with Crippen molar-refractivity contribution in [2.75, 3.05) is 0 Å². The lowest BCUT2D eigenvalue weighted by Gasteiger charge is -2.38. The van der Waals surface area contributed by atoms with Gasteiger partial charge in [-0.3, -0.25) is 0 Å². The van der Waals surface area contributed by atoms with Crippen LogP contribution < -0.4 is 0 Å². The van der Waals surface area contributed by atoms with E-state index in [2.05, 4.69) is 90.0 Å². The fraction of sp³-hybridized carbons (Fsp3) is 1.00. The van der Waals surface area contributed by atoms with Crippen LogP contribution >= 0.6 is 0 Å². The molecule has 0 aromatic heterocycles. The first-order chi connectivity index (χ1) is 21.6. The van der Waals surface area contributed by atoms with Gasteiger partial charge < -0.3 is 28.4 Å². The van der Waals surface area contributed by atoms with E-state index in [0.717, 1.165) is 31.6 Å². The zero-order valence-corrected chi connectivity index (χ0v) is 33.2. The molecular formula is C40H82O6. The van der Waals surface area contributed by atoms with Crippen LogP contribution in [0, 0.1) is 5.92 Å². The number of unbranched alkanes of at least 4 members (excludes halogenated alkanes) is 12. The minimum atomic E-state index is -0.922. The highest BCUT2D eigenvalue weighted by Gasteiger charge is 2.37. The van der Waals surface area contributed by atoms with Gasteiger partial charge in [0, 0.05) is 12.8 Å². The summed E-state index contributed by atoms with van der Waals surface area (Å²) in [6, 6.07) is 0. The summed E-state index contributed by atoms with van der Waals surface area (Å²) < 4.78 is 37.1. The van der Waals surface area contributed by atoms with E-state index < -0.39 is 11.9 Å². The number of hydrogen-bond acceptors (Lipinski definition) is 6. The highest BCUT2D eigenvalue weighted by molar-refractivity contribution is 4.66. The molecule has 0 aliphatic rings. The first-order valence-electron chi connectivity index (χ1n) is 19.7. The van der Waals surface area contributed by atoms with E-state index in [1.54, 1.807) is 0 Å². The molecule has 0 fully saturated rings. The molecule has 0 aliphatic heterocycles. The Bertz CT molecular complexity index is 566. The Morgan fingerprint density at radius 1 is 0.283 bits per heavy atom. The molecule has 0 aromatic carbocycles. The molecule has 0 rings (SSSR count). The molecule has 0 unspecified atom stereocenters. The lowest BCUT2D eigenvalue weighted by Crippen LogP contribution is -2.44. The van der Waals surface area contributed by atoms with Gasteiger partial charge in [-0.25, -0.2) is 0 Å². The van der Waals surface area contributed by atoms with Crippen molar-refractivity contribution in [2.45, 2.75) is 254 Å². The normalized spacial score (nSPS) is 13.3. The zero-order chi connectivity index (χ0) is 35.0. The van der Waals surface area contributed by atoms with Crippen LogP contribution in [0.5, 0.6) is 0 Å². The highest BCUT2D eigenvalue weighted by Crippen LogP contribution is 2.30. The molecule has 0 saturated carbocycles. The van der Waals surface area contributed by atoms with Crippen LogP contribution in [-0.2, 0) is 28.4 Å². The molecule has 0 N–H and O–H groups in total. The van der Waals surface area contributed by atoms with Crippen molar-refractivity contribution < 1.29 is 28.4 Å². The van der Waals surface area contributed by atoms with Gasteiger partial charge in [0.2, 0.25) is 0 Å². The minimum absolute atomic E-state index is 0.0633. The van der Waals surface area contributed by atoms with Gasteiger partial charge in [0.25, 0.3) is 11.9 Å². The van der Waals surface area contributed by atoms with Crippen molar-refractivity contribution in [3.63, 3.8) is 0 Å². The van der Waals surface area contributed by atoms with Crippen molar-refractivity contribution in [1.82, 2.24) is 0 Å². The Labute approximate surface area is 288 Å². The molecule has 0 saturated heterocycles. The van der Waals surface area contributed by atoms with Gasteiger partial charge in [0.1, 0.15) is 0 Å². The second-order valence-corrected chi connectivity index (χ2v) is 15.5. The summed E-state index contributed by atoms with van der Waals surface area (Å²) in [7, 11) is 0. The maximum atomic E-state index is 6.19. The van der Waals surface area contributed by atoms with Gasteiger partial charge in [-0.15, -0.1) is 0 Å². The smallest absolute Gasteiger partial charge is 0.283 e. The standard InChI is InChI=1S/C40H82O6/c1-32(2)41-39(42-33(3)4,43-34(5)6)30-26-22-18-14-16-20-24-28-38(13)29-25-21-17-15-19-23-27-31-40(44-35(7)8,45-36(9)10)46-37(11)12/h32-38H,14-31H2,1-13H3. The number of hydrogen-bond donors (Lipinski definition) is 0. The van der Waals surface area contributed by atoms with E-state index in [4.69, 9.17) is 28.4 Å².